The number of hydrogen-bond donors (Lipinski definition) is 0. The standard InChI is InChI=1S/C12H14N2O2/c1-9(2)6-14-7-10(8-15)12(13-14)11-4-3-5-16-11/h3-5,7-9H,6H2,1-2H3. The lowest BCUT2D eigenvalue weighted by Gasteiger charge is -2.03. The average Bonchev–Trinajstić information content (AvgIpc) is 2.83. The fraction of sp³-hybridized carbons (Fsp3) is 0.333. The number of rotatable bonds is 4. The lowest BCUT2D eigenvalue weighted by Crippen LogP contribution is -2.04. The quantitative estimate of drug-likeness (QED) is 0.741. The van der Waals surface area contributed by atoms with E-state index in [2.05, 4.69) is 18.9 Å². The van der Waals surface area contributed by atoms with Crippen molar-refractivity contribution in [3.63, 3.8) is 0 Å². The number of nitrogens with zero attached hydrogens (tertiary/aromatic N) is 2. The van der Waals surface area contributed by atoms with E-state index < -0.39 is 0 Å². The van der Waals surface area contributed by atoms with E-state index in [1.54, 1.807) is 29.3 Å². The van der Waals surface area contributed by atoms with E-state index in [4.69, 9.17) is 4.42 Å². The molecule has 2 heterocycles. The van der Waals surface area contributed by atoms with Crippen molar-refractivity contribution in [3.8, 4) is 11.5 Å². The van der Waals surface area contributed by atoms with Crippen LogP contribution in [0.3, 0.4) is 0 Å². The first kappa shape index (κ1) is 10.7. The summed E-state index contributed by atoms with van der Waals surface area (Å²) in [7, 11) is 0. The monoisotopic (exact) mass is 218 g/mol. The Morgan fingerprint density at radius 3 is 2.94 bits per heavy atom. The zero-order valence-electron chi connectivity index (χ0n) is 9.38. The van der Waals surface area contributed by atoms with Gasteiger partial charge >= 0.3 is 0 Å². The molecule has 16 heavy (non-hydrogen) atoms. The number of carbonyl (C=O) groups is 1. The van der Waals surface area contributed by atoms with E-state index >= 15 is 0 Å². The third kappa shape index (κ3) is 2.05. The van der Waals surface area contributed by atoms with Crippen LogP contribution in [0.2, 0.25) is 0 Å². The van der Waals surface area contributed by atoms with Gasteiger partial charge < -0.3 is 4.42 Å². The van der Waals surface area contributed by atoms with Crippen molar-refractivity contribution in [2.24, 2.45) is 5.92 Å². The van der Waals surface area contributed by atoms with Gasteiger partial charge in [-0.1, -0.05) is 13.8 Å². The second kappa shape index (κ2) is 4.35. The minimum atomic E-state index is 0.490. The summed E-state index contributed by atoms with van der Waals surface area (Å²) in [6.45, 7) is 5.01. The molecule has 0 saturated heterocycles. The zero-order chi connectivity index (χ0) is 11.5. The second-order valence-electron chi connectivity index (χ2n) is 4.14. The van der Waals surface area contributed by atoms with Gasteiger partial charge in [-0.05, 0) is 18.1 Å². The van der Waals surface area contributed by atoms with E-state index in [1.807, 2.05) is 0 Å². The van der Waals surface area contributed by atoms with Gasteiger partial charge in [0.2, 0.25) is 0 Å². The van der Waals surface area contributed by atoms with Crippen molar-refractivity contribution < 1.29 is 9.21 Å². The predicted octanol–water partition coefficient (Wildman–Crippen LogP) is 2.61. The van der Waals surface area contributed by atoms with Crippen molar-refractivity contribution in [1.29, 1.82) is 0 Å². The first-order valence-corrected chi connectivity index (χ1v) is 5.27. The van der Waals surface area contributed by atoms with E-state index in [-0.39, 0.29) is 0 Å². The van der Waals surface area contributed by atoms with Crippen LogP contribution >= 0.6 is 0 Å². The van der Waals surface area contributed by atoms with Gasteiger partial charge in [-0.15, -0.1) is 0 Å². The van der Waals surface area contributed by atoms with Crippen molar-refractivity contribution in [2.75, 3.05) is 0 Å². The molecule has 0 spiro atoms. The molecule has 0 N–H and O–H groups in total. The highest BCUT2D eigenvalue weighted by atomic mass is 16.3. The van der Waals surface area contributed by atoms with E-state index in [0.29, 0.717) is 22.9 Å². The molecule has 0 amide bonds. The topological polar surface area (TPSA) is 48.0 Å². The van der Waals surface area contributed by atoms with Gasteiger partial charge in [0.1, 0.15) is 5.69 Å². The van der Waals surface area contributed by atoms with Crippen molar-refractivity contribution >= 4 is 6.29 Å². The van der Waals surface area contributed by atoms with Gasteiger partial charge in [-0.3, -0.25) is 9.48 Å². The van der Waals surface area contributed by atoms with Crippen molar-refractivity contribution in [3.05, 3.63) is 30.2 Å². The first-order valence-electron chi connectivity index (χ1n) is 5.27. The molecule has 0 aromatic carbocycles. The van der Waals surface area contributed by atoms with Crippen LogP contribution in [0.25, 0.3) is 11.5 Å². The number of aromatic nitrogens is 2. The molecule has 2 aromatic heterocycles. The highest BCUT2D eigenvalue weighted by Crippen LogP contribution is 2.21. The summed E-state index contributed by atoms with van der Waals surface area (Å²) in [6, 6.07) is 3.58. The number of carbonyl (C=O) groups excluding carboxylic acids is 1. The third-order valence-corrected chi connectivity index (χ3v) is 2.22. The minimum absolute atomic E-state index is 0.490. The fourth-order valence-corrected chi connectivity index (χ4v) is 1.60. The van der Waals surface area contributed by atoms with Gasteiger partial charge in [0.25, 0.3) is 0 Å². The van der Waals surface area contributed by atoms with Crippen LogP contribution in [-0.2, 0) is 6.54 Å². The van der Waals surface area contributed by atoms with Crippen molar-refractivity contribution in [2.45, 2.75) is 20.4 Å². The third-order valence-electron chi connectivity index (χ3n) is 2.22. The average molecular weight is 218 g/mol. The first-order chi connectivity index (χ1) is 7.70. The molecule has 0 fully saturated rings. The molecule has 0 aliphatic rings. The Morgan fingerprint density at radius 2 is 2.38 bits per heavy atom. The minimum Gasteiger partial charge on any atom is -0.463 e. The Morgan fingerprint density at radius 1 is 1.56 bits per heavy atom. The summed E-state index contributed by atoms with van der Waals surface area (Å²) in [5.41, 5.74) is 1.18. The normalized spacial score (nSPS) is 10.9. The largest absolute Gasteiger partial charge is 0.463 e. The molecule has 0 atom stereocenters. The van der Waals surface area contributed by atoms with Gasteiger partial charge in [0.05, 0.1) is 11.8 Å². The molecule has 4 nitrogen and oxygen atoms in total. The molecule has 0 unspecified atom stereocenters. The molecule has 2 rings (SSSR count). The van der Waals surface area contributed by atoms with Crippen LogP contribution in [-0.4, -0.2) is 16.1 Å². The SMILES string of the molecule is CC(C)Cn1cc(C=O)c(-c2ccco2)n1. The Hall–Kier alpha value is -1.84. The smallest absolute Gasteiger partial charge is 0.154 e. The van der Waals surface area contributed by atoms with Gasteiger partial charge in [0.15, 0.2) is 12.0 Å². The van der Waals surface area contributed by atoms with Crippen molar-refractivity contribution in [1.82, 2.24) is 9.78 Å². The highest BCUT2D eigenvalue weighted by Gasteiger charge is 2.13. The Bertz CT molecular complexity index is 469. The molecular weight excluding hydrogens is 204 g/mol. The molecule has 0 saturated carbocycles. The lowest BCUT2D eigenvalue weighted by molar-refractivity contribution is 0.112. The maximum atomic E-state index is 10.9. The van der Waals surface area contributed by atoms with Crippen LogP contribution in [0.15, 0.2) is 29.0 Å². The molecule has 84 valence electrons. The van der Waals surface area contributed by atoms with E-state index in [9.17, 15) is 4.79 Å². The summed E-state index contributed by atoms with van der Waals surface area (Å²) in [4.78, 5) is 10.9. The molecule has 0 aliphatic carbocycles. The van der Waals surface area contributed by atoms with Gasteiger partial charge in [0, 0.05) is 12.7 Å². The molecule has 0 aliphatic heterocycles. The molecular formula is C12H14N2O2. The van der Waals surface area contributed by atoms with Crippen LogP contribution in [0, 0.1) is 5.92 Å². The zero-order valence-corrected chi connectivity index (χ0v) is 9.38. The van der Waals surface area contributed by atoms with Crippen LogP contribution in [0.5, 0.6) is 0 Å². The predicted molar refractivity (Wildman–Crippen MR) is 60.2 cm³/mol. The number of aldehydes is 1. The van der Waals surface area contributed by atoms with Crippen LogP contribution in [0.1, 0.15) is 24.2 Å². The fourth-order valence-electron chi connectivity index (χ4n) is 1.60. The van der Waals surface area contributed by atoms with Crippen LogP contribution < -0.4 is 0 Å². The maximum Gasteiger partial charge on any atom is 0.154 e. The Labute approximate surface area is 93.9 Å². The number of hydrogen-bond acceptors (Lipinski definition) is 3. The summed E-state index contributed by atoms with van der Waals surface area (Å²) in [6.07, 6.45) is 4.14. The summed E-state index contributed by atoms with van der Waals surface area (Å²) >= 11 is 0. The van der Waals surface area contributed by atoms with E-state index in [1.165, 1.54) is 0 Å². The highest BCUT2D eigenvalue weighted by molar-refractivity contribution is 5.83. The molecule has 0 bridgehead atoms. The molecule has 2 aromatic rings. The molecule has 0 radical (unpaired) electrons. The van der Waals surface area contributed by atoms with Crippen LogP contribution in [0.4, 0.5) is 0 Å². The summed E-state index contributed by atoms with van der Waals surface area (Å²) < 4.78 is 7.03. The van der Waals surface area contributed by atoms with E-state index in [0.717, 1.165) is 12.8 Å². The van der Waals surface area contributed by atoms with Gasteiger partial charge in [-0.2, -0.15) is 5.10 Å². The lowest BCUT2D eigenvalue weighted by atomic mass is 10.2. The Kier molecular flexibility index (Phi) is 2.90. The number of furan rings is 1. The second-order valence-corrected chi connectivity index (χ2v) is 4.14. The summed E-state index contributed by atoms with van der Waals surface area (Å²) in [5, 5.41) is 4.36. The Balaban J connectivity index is 2.37. The maximum absolute atomic E-state index is 10.9. The summed E-state index contributed by atoms with van der Waals surface area (Å²) in [5.74, 6) is 1.12. The molecule has 4 heteroatoms. The van der Waals surface area contributed by atoms with Gasteiger partial charge in [-0.25, -0.2) is 0 Å².